The summed E-state index contributed by atoms with van der Waals surface area (Å²) in [6, 6.07) is 0. The molecule has 0 aliphatic carbocycles. The number of nitrogens with zero attached hydrogens (tertiary/aromatic N) is 4. The molecule has 0 saturated carbocycles. The Morgan fingerprint density at radius 1 is 1.05 bits per heavy atom. The van der Waals surface area contributed by atoms with Crippen LogP contribution in [-0.4, -0.2) is 54.5 Å². The molecule has 19 heavy (non-hydrogen) atoms. The molecule has 2 aliphatic heterocycles. The van der Waals surface area contributed by atoms with E-state index >= 15 is 0 Å². The molecule has 0 aromatic carbocycles. The van der Waals surface area contributed by atoms with E-state index in [1.54, 1.807) is 0 Å². The van der Waals surface area contributed by atoms with Crippen LogP contribution in [0.4, 0.5) is 5.95 Å². The number of rotatable bonds is 2. The summed E-state index contributed by atoms with van der Waals surface area (Å²) in [5.74, 6) is 1.29. The average molecular weight is 283 g/mol. The van der Waals surface area contributed by atoms with Crippen LogP contribution in [0.2, 0.25) is 5.28 Å². The summed E-state index contributed by atoms with van der Waals surface area (Å²) in [5.41, 5.74) is 1.07. The zero-order chi connectivity index (χ0) is 13.1. The van der Waals surface area contributed by atoms with E-state index in [9.17, 15) is 0 Å². The lowest BCUT2D eigenvalue weighted by Gasteiger charge is -2.27. The number of anilines is 1. The molecule has 102 valence electrons. The van der Waals surface area contributed by atoms with E-state index in [2.05, 4.69) is 19.9 Å². The van der Waals surface area contributed by atoms with Gasteiger partial charge < -0.3 is 14.4 Å². The summed E-state index contributed by atoms with van der Waals surface area (Å²) in [6.45, 7) is 4.24. The van der Waals surface area contributed by atoms with Crippen molar-refractivity contribution >= 4 is 23.1 Å². The molecule has 0 unspecified atom stereocenters. The monoisotopic (exact) mass is 282 g/mol. The summed E-state index contributed by atoms with van der Waals surface area (Å²) in [5, 5.41) is 0.235. The fourth-order valence-electron chi connectivity index (χ4n) is 2.12. The maximum Gasteiger partial charge on any atom is 0.230 e. The van der Waals surface area contributed by atoms with Gasteiger partial charge in [0.05, 0.1) is 26.4 Å². The van der Waals surface area contributed by atoms with Crippen LogP contribution < -0.4 is 4.90 Å². The molecule has 0 N–H and O–H groups in total. The molecule has 1 aromatic heterocycles. The molecule has 3 rings (SSSR count). The fraction of sp³-hybridized carbons (Fsp3) is 0.583. The molecule has 0 atom stereocenters. The van der Waals surface area contributed by atoms with Crippen LogP contribution in [0.5, 0.6) is 0 Å². The molecule has 1 aromatic rings. The van der Waals surface area contributed by atoms with Gasteiger partial charge >= 0.3 is 0 Å². The van der Waals surface area contributed by atoms with Gasteiger partial charge in [-0.1, -0.05) is 6.08 Å². The van der Waals surface area contributed by atoms with Crippen LogP contribution in [0.1, 0.15) is 12.2 Å². The molecule has 1 saturated heterocycles. The zero-order valence-electron chi connectivity index (χ0n) is 10.5. The predicted molar refractivity (Wildman–Crippen MR) is 71.3 cm³/mol. The van der Waals surface area contributed by atoms with Gasteiger partial charge in [-0.15, -0.1) is 0 Å². The largest absolute Gasteiger partial charge is 0.378 e. The van der Waals surface area contributed by atoms with Gasteiger partial charge in [-0.25, -0.2) is 0 Å². The third kappa shape index (κ3) is 3.02. The predicted octanol–water partition coefficient (Wildman–Crippen LogP) is 1.17. The van der Waals surface area contributed by atoms with Crippen LogP contribution in [0.3, 0.4) is 0 Å². The van der Waals surface area contributed by atoms with E-state index in [4.69, 9.17) is 21.1 Å². The number of morpholine rings is 1. The SMILES string of the molecule is Clc1nc(C2=CCOCC2)nc(N2CCOCC2)n1. The Morgan fingerprint density at radius 3 is 2.63 bits per heavy atom. The minimum Gasteiger partial charge on any atom is -0.378 e. The Hall–Kier alpha value is -1.24. The standard InChI is InChI=1S/C12H15ClN4O2/c13-11-14-10(9-1-5-18-6-2-9)15-12(16-11)17-3-7-19-8-4-17/h1H,2-8H2. The van der Waals surface area contributed by atoms with Crippen molar-refractivity contribution in [3.63, 3.8) is 0 Å². The van der Waals surface area contributed by atoms with Crippen molar-refractivity contribution < 1.29 is 9.47 Å². The van der Waals surface area contributed by atoms with Crippen molar-refractivity contribution in [1.82, 2.24) is 15.0 Å². The van der Waals surface area contributed by atoms with Crippen molar-refractivity contribution in [2.75, 3.05) is 44.4 Å². The number of halogens is 1. The van der Waals surface area contributed by atoms with Crippen LogP contribution in [-0.2, 0) is 9.47 Å². The molecule has 0 radical (unpaired) electrons. The maximum absolute atomic E-state index is 6.01. The van der Waals surface area contributed by atoms with Gasteiger partial charge in [0.15, 0.2) is 5.82 Å². The van der Waals surface area contributed by atoms with E-state index in [1.807, 2.05) is 6.08 Å². The fourth-order valence-corrected chi connectivity index (χ4v) is 2.27. The first kappa shape index (κ1) is 12.8. The number of ether oxygens (including phenoxy) is 2. The smallest absolute Gasteiger partial charge is 0.230 e. The van der Waals surface area contributed by atoms with Gasteiger partial charge in [0.25, 0.3) is 0 Å². The minimum atomic E-state index is 0.235. The third-order valence-corrected chi connectivity index (χ3v) is 3.31. The quantitative estimate of drug-likeness (QED) is 0.811. The van der Waals surface area contributed by atoms with E-state index in [1.165, 1.54) is 0 Å². The van der Waals surface area contributed by atoms with Gasteiger partial charge in [-0.05, 0) is 23.6 Å². The summed E-state index contributed by atoms with van der Waals surface area (Å²) < 4.78 is 10.6. The Morgan fingerprint density at radius 2 is 1.89 bits per heavy atom. The van der Waals surface area contributed by atoms with Crippen molar-refractivity contribution in [3.05, 3.63) is 17.2 Å². The molecule has 2 aliphatic rings. The molecular formula is C12H15ClN4O2. The topological polar surface area (TPSA) is 60.4 Å². The summed E-state index contributed by atoms with van der Waals surface area (Å²) in [4.78, 5) is 15.0. The highest BCUT2D eigenvalue weighted by Crippen LogP contribution is 2.21. The molecule has 0 spiro atoms. The maximum atomic E-state index is 6.01. The zero-order valence-corrected chi connectivity index (χ0v) is 11.3. The van der Waals surface area contributed by atoms with Gasteiger partial charge in [0.1, 0.15) is 0 Å². The Bertz CT molecular complexity index is 489. The molecule has 0 amide bonds. The number of aromatic nitrogens is 3. The first-order chi connectivity index (χ1) is 9.33. The van der Waals surface area contributed by atoms with Gasteiger partial charge in [0, 0.05) is 13.1 Å². The highest BCUT2D eigenvalue weighted by Gasteiger charge is 2.18. The van der Waals surface area contributed by atoms with Crippen LogP contribution in [0.25, 0.3) is 5.57 Å². The van der Waals surface area contributed by atoms with Crippen molar-refractivity contribution in [1.29, 1.82) is 0 Å². The molecule has 0 bridgehead atoms. The van der Waals surface area contributed by atoms with Crippen molar-refractivity contribution in [2.45, 2.75) is 6.42 Å². The van der Waals surface area contributed by atoms with Crippen LogP contribution in [0, 0.1) is 0 Å². The van der Waals surface area contributed by atoms with E-state index in [-0.39, 0.29) is 5.28 Å². The molecule has 3 heterocycles. The number of hydrogen-bond acceptors (Lipinski definition) is 6. The second-order valence-electron chi connectivity index (χ2n) is 4.38. The third-order valence-electron chi connectivity index (χ3n) is 3.14. The second kappa shape index (κ2) is 5.81. The second-order valence-corrected chi connectivity index (χ2v) is 4.72. The van der Waals surface area contributed by atoms with E-state index < -0.39 is 0 Å². The highest BCUT2D eigenvalue weighted by atomic mass is 35.5. The van der Waals surface area contributed by atoms with Gasteiger partial charge in [-0.2, -0.15) is 15.0 Å². The Labute approximate surface area is 116 Å². The lowest BCUT2D eigenvalue weighted by atomic mass is 10.1. The Balaban J connectivity index is 1.88. The number of hydrogen-bond donors (Lipinski definition) is 0. The molecule has 6 nitrogen and oxygen atoms in total. The normalized spacial score (nSPS) is 20.3. The lowest BCUT2D eigenvalue weighted by Crippen LogP contribution is -2.37. The first-order valence-electron chi connectivity index (χ1n) is 6.34. The minimum absolute atomic E-state index is 0.235. The summed E-state index contributed by atoms with van der Waals surface area (Å²) in [6.07, 6.45) is 2.81. The lowest BCUT2D eigenvalue weighted by molar-refractivity contribution is 0.122. The van der Waals surface area contributed by atoms with Gasteiger partial charge in [-0.3, -0.25) is 0 Å². The van der Waals surface area contributed by atoms with Crippen LogP contribution >= 0.6 is 11.6 Å². The van der Waals surface area contributed by atoms with E-state index in [0.29, 0.717) is 38.2 Å². The highest BCUT2D eigenvalue weighted by molar-refractivity contribution is 6.28. The van der Waals surface area contributed by atoms with Crippen molar-refractivity contribution in [3.8, 4) is 0 Å². The average Bonchev–Trinajstić information content (AvgIpc) is 2.48. The first-order valence-corrected chi connectivity index (χ1v) is 6.72. The summed E-state index contributed by atoms with van der Waals surface area (Å²) in [7, 11) is 0. The molecular weight excluding hydrogens is 268 g/mol. The van der Waals surface area contributed by atoms with E-state index in [0.717, 1.165) is 25.1 Å². The summed E-state index contributed by atoms with van der Waals surface area (Å²) >= 11 is 6.01. The molecule has 1 fully saturated rings. The van der Waals surface area contributed by atoms with Crippen molar-refractivity contribution in [2.24, 2.45) is 0 Å². The Kier molecular flexibility index (Phi) is 3.91. The molecule has 7 heteroatoms. The van der Waals surface area contributed by atoms with Gasteiger partial charge in [0.2, 0.25) is 11.2 Å². The van der Waals surface area contributed by atoms with Crippen LogP contribution in [0.15, 0.2) is 6.08 Å².